The number of rotatable bonds is 3. The first-order valence-corrected chi connectivity index (χ1v) is 8.93. The predicted octanol–water partition coefficient (Wildman–Crippen LogP) is 4.91. The van der Waals surface area contributed by atoms with Crippen LogP contribution in [0.25, 0.3) is 11.1 Å². The number of benzene rings is 1. The van der Waals surface area contributed by atoms with Crippen LogP contribution in [0.15, 0.2) is 35.1 Å². The van der Waals surface area contributed by atoms with E-state index in [0.717, 1.165) is 16.8 Å². The molecular weight excluding hydrogens is 298 g/mol. The van der Waals surface area contributed by atoms with E-state index < -0.39 is 0 Å². The molecule has 1 heterocycles. The average molecular weight is 325 g/mol. The van der Waals surface area contributed by atoms with Crippen molar-refractivity contribution in [1.29, 1.82) is 0 Å². The van der Waals surface area contributed by atoms with E-state index in [-0.39, 0.29) is 16.7 Å². The lowest BCUT2D eigenvalue weighted by Crippen LogP contribution is -2.33. The first-order chi connectivity index (χ1) is 11.4. The number of hydrogen-bond acceptors (Lipinski definition) is 2. The number of pyridine rings is 1. The number of aromatic hydroxyl groups is 1. The van der Waals surface area contributed by atoms with Gasteiger partial charge in [-0.1, -0.05) is 62.9 Å². The summed E-state index contributed by atoms with van der Waals surface area (Å²) in [6.07, 6.45) is 6.20. The molecule has 3 heteroatoms. The number of nitrogens with one attached hydrogen (secondary N) is 1. The minimum absolute atomic E-state index is 0.0724. The van der Waals surface area contributed by atoms with E-state index in [1.54, 1.807) is 6.07 Å². The van der Waals surface area contributed by atoms with Gasteiger partial charge in [-0.2, -0.15) is 0 Å². The third-order valence-corrected chi connectivity index (χ3v) is 5.64. The van der Waals surface area contributed by atoms with Gasteiger partial charge in [-0.15, -0.1) is 0 Å². The molecule has 0 bridgehead atoms. The minimum atomic E-state index is -0.209. The van der Waals surface area contributed by atoms with Crippen molar-refractivity contribution >= 4 is 0 Å². The lowest BCUT2D eigenvalue weighted by Gasteiger charge is -2.37. The molecule has 1 aromatic carbocycles. The highest BCUT2D eigenvalue weighted by atomic mass is 16.3. The Morgan fingerprint density at radius 1 is 1.12 bits per heavy atom. The van der Waals surface area contributed by atoms with E-state index in [2.05, 4.69) is 18.8 Å². The van der Waals surface area contributed by atoms with Crippen LogP contribution in [0.5, 0.6) is 5.75 Å². The van der Waals surface area contributed by atoms with Crippen molar-refractivity contribution in [3.8, 4) is 16.9 Å². The van der Waals surface area contributed by atoms with E-state index >= 15 is 0 Å². The molecule has 0 spiro atoms. The van der Waals surface area contributed by atoms with Crippen molar-refractivity contribution < 1.29 is 5.11 Å². The van der Waals surface area contributed by atoms with E-state index in [0.29, 0.717) is 11.5 Å². The van der Waals surface area contributed by atoms with Crippen LogP contribution in [-0.2, 0) is 5.41 Å². The van der Waals surface area contributed by atoms with Gasteiger partial charge in [-0.25, -0.2) is 0 Å². The Morgan fingerprint density at radius 2 is 1.83 bits per heavy atom. The van der Waals surface area contributed by atoms with Crippen LogP contribution < -0.4 is 5.56 Å². The van der Waals surface area contributed by atoms with E-state index in [9.17, 15) is 9.90 Å². The maximum absolute atomic E-state index is 12.7. The molecule has 1 fully saturated rings. The van der Waals surface area contributed by atoms with Gasteiger partial charge in [0.05, 0.1) is 5.56 Å². The summed E-state index contributed by atoms with van der Waals surface area (Å²) < 4.78 is 0. The Balaban J connectivity index is 2.02. The summed E-state index contributed by atoms with van der Waals surface area (Å²) >= 11 is 0. The maximum atomic E-state index is 12.7. The van der Waals surface area contributed by atoms with Crippen molar-refractivity contribution in [2.75, 3.05) is 0 Å². The van der Waals surface area contributed by atoms with Crippen molar-refractivity contribution in [3.63, 3.8) is 0 Å². The lowest BCUT2D eigenvalue weighted by atomic mass is 9.69. The molecule has 0 amide bonds. The second kappa shape index (κ2) is 6.46. The Bertz CT molecular complexity index is 783. The molecule has 0 saturated heterocycles. The topological polar surface area (TPSA) is 53.1 Å². The first-order valence-electron chi connectivity index (χ1n) is 8.93. The van der Waals surface area contributed by atoms with Gasteiger partial charge >= 0.3 is 0 Å². The largest absolute Gasteiger partial charge is 0.507 e. The van der Waals surface area contributed by atoms with E-state index in [1.807, 2.05) is 31.2 Å². The maximum Gasteiger partial charge on any atom is 0.259 e. The van der Waals surface area contributed by atoms with Crippen LogP contribution in [0, 0.1) is 12.8 Å². The molecule has 3 nitrogen and oxygen atoms in total. The van der Waals surface area contributed by atoms with Crippen LogP contribution in [-0.4, -0.2) is 10.1 Å². The molecule has 0 atom stereocenters. The van der Waals surface area contributed by atoms with Gasteiger partial charge in [0.15, 0.2) is 0 Å². The zero-order valence-electron chi connectivity index (χ0n) is 14.9. The highest BCUT2D eigenvalue weighted by molar-refractivity contribution is 5.69. The molecule has 1 aromatic heterocycles. The highest BCUT2D eigenvalue weighted by Gasteiger charge is 2.33. The number of H-pyrrole nitrogens is 1. The van der Waals surface area contributed by atoms with Gasteiger partial charge in [0.1, 0.15) is 5.75 Å². The molecule has 2 N–H and O–H groups in total. The fraction of sp³-hybridized carbons (Fsp3) is 0.476. The monoisotopic (exact) mass is 325 g/mol. The molecule has 1 saturated carbocycles. The highest BCUT2D eigenvalue weighted by Crippen LogP contribution is 2.41. The summed E-state index contributed by atoms with van der Waals surface area (Å²) in [5, 5.41) is 10.6. The normalized spacial score (nSPS) is 16.3. The Labute approximate surface area is 143 Å². The average Bonchev–Trinajstić information content (AvgIpc) is 2.55. The van der Waals surface area contributed by atoms with Crippen LogP contribution in [0.1, 0.15) is 57.2 Å². The first kappa shape index (κ1) is 16.8. The summed E-state index contributed by atoms with van der Waals surface area (Å²) in [5.74, 6) is 0.620. The molecule has 0 radical (unpaired) electrons. The molecule has 1 aliphatic carbocycles. The van der Waals surface area contributed by atoms with Crippen LogP contribution >= 0.6 is 0 Å². The third-order valence-electron chi connectivity index (χ3n) is 5.64. The predicted molar refractivity (Wildman–Crippen MR) is 98.5 cm³/mol. The second-order valence-corrected chi connectivity index (χ2v) is 7.70. The molecule has 0 unspecified atom stereocenters. The molecule has 24 heavy (non-hydrogen) atoms. The zero-order valence-corrected chi connectivity index (χ0v) is 14.9. The van der Waals surface area contributed by atoms with Gasteiger partial charge in [0.2, 0.25) is 0 Å². The van der Waals surface area contributed by atoms with Gasteiger partial charge in [0.25, 0.3) is 5.56 Å². The molecule has 2 aromatic rings. The summed E-state index contributed by atoms with van der Waals surface area (Å²) in [6, 6.07) is 9.44. The summed E-state index contributed by atoms with van der Waals surface area (Å²) in [5.41, 5.74) is 2.69. The van der Waals surface area contributed by atoms with Gasteiger partial charge < -0.3 is 10.1 Å². The smallest absolute Gasteiger partial charge is 0.259 e. The van der Waals surface area contributed by atoms with Crippen LogP contribution in [0.4, 0.5) is 0 Å². The fourth-order valence-corrected chi connectivity index (χ4v) is 4.02. The quantitative estimate of drug-likeness (QED) is 0.842. The molecule has 0 aliphatic heterocycles. The van der Waals surface area contributed by atoms with Crippen molar-refractivity contribution in [3.05, 3.63) is 51.9 Å². The number of aromatic amines is 1. The molecule has 128 valence electrons. The zero-order chi connectivity index (χ0) is 17.3. The molecule has 3 rings (SSSR count). The molecule has 1 aliphatic rings. The Kier molecular flexibility index (Phi) is 4.53. The lowest BCUT2D eigenvalue weighted by molar-refractivity contribution is 0.230. The van der Waals surface area contributed by atoms with Gasteiger partial charge in [0, 0.05) is 17.2 Å². The Morgan fingerprint density at radius 3 is 2.46 bits per heavy atom. The van der Waals surface area contributed by atoms with Crippen LogP contribution in [0.3, 0.4) is 0 Å². The van der Waals surface area contributed by atoms with Crippen molar-refractivity contribution in [1.82, 2.24) is 4.98 Å². The van der Waals surface area contributed by atoms with E-state index in [4.69, 9.17) is 0 Å². The van der Waals surface area contributed by atoms with Gasteiger partial charge in [-0.05, 0) is 31.2 Å². The third kappa shape index (κ3) is 3.12. The van der Waals surface area contributed by atoms with Gasteiger partial charge in [-0.3, -0.25) is 4.79 Å². The van der Waals surface area contributed by atoms with Crippen molar-refractivity contribution in [2.45, 2.75) is 58.3 Å². The summed E-state index contributed by atoms with van der Waals surface area (Å²) in [4.78, 5) is 15.7. The van der Waals surface area contributed by atoms with Crippen molar-refractivity contribution in [2.24, 2.45) is 5.92 Å². The SMILES string of the molecule is Cc1cccc(-c2c(O)cc(C(C)(C)C3CCCCC3)[nH]c2=O)c1. The van der Waals surface area contributed by atoms with E-state index in [1.165, 1.54) is 32.1 Å². The van der Waals surface area contributed by atoms with Crippen LogP contribution in [0.2, 0.25) is 0 Å². The number of hydrogen-bond donors (Lipinski definition) is 2. The Hall–Kier alpha value is -2.03. The fourth-order valence-electron chi connectivity index (χ4n) is 4.02. The number of aromatic nitrogens is 1. The summed E-state index contributed by atoms with van der Waals surface area (Å²) in [6.45, 7) is 6.34. The molecular formula is C21H27NO2. The summed E-state index contributed by atoms with van der Waals surface area (Å²) in [7, 11) is 0. The second-order valence-electron chi connectivity index (χ2n) is 7.70. The number of aryl methyl sites for hydroxylation is 1. The standard InChI is InChI=1S/C21H27NO2/c1-14-8-7-9-15(12-14)19-17(23)13-18(22-20(19)24)21(2,3)16-10-5-4-6-11-16/h7-9,12-13,16H,4-6,10-11H2,1-3H3,(H2,22,23,24). The minimum Gasteiger partial charge on any atom is -0.507 e.